The molecule has 5 rings (SSSR count). The maximum atomic E-state index is 13.3. The number of aryl methyl sites for hydroxylation is 2. The first-order valence-electron chi connectivity index (χ1n) is 11.4. The van der Waals surface area contributed by atoms with Crippen LogP contribution in [0.2, 0.25) is 0 Å². The average molecular weight is 429 g/mol. The van der Waals surface area contributed by atoms with Gasteiger partial charge in [0.2, 0.25) is 5.91 Å². The minimum absolute atomic E-state index is 0.0519. The Hall–Kier alpha value is -3.41. The van der Waals surface area contributed by atoms with Gasteiger partial charge in [-0.25, -0.2) is 4.68 Å². The maximum absolute atomic E-state index is 13.3. The summed E-state index contributed by atoms with van der Waals surface area (Å²) in [6.07, 6.45) is 5.83. The van der Waals surface area contributed by atoms with Crippen molar-refractivity contribution in [2.24, 2.45) is 0 Å². The Bertz CT molecular complexity index is 1190. The number of aromatic nitrogens is 2. The van der Waals surface area contributed by atoms with Crippen LogP contribution in [0.3, 0.4) is 0 Å². The SMILES string of the molecule is CC(=O)N1CCCc2cc(NC(=O)c3nn(-c4ccc(C)cc4)c4c3CCCC4)ccc21. The van der Waals surface area contributed by atoms with E-state index >= 15 is 0 Å². The second-order valence-electron chi connectivity index (χ2n) is 8.80. The topological polar surface area (TPSA) is 67.2 Å². The molecule has 0 radical (unpaired) electrons. The smallest absolute Gasteiger partial charge is 0.276 e. The molecule has 0 unspecified atom stereocenters. The predicted octanol–water partition coefficient (Wildman–Crippen LogP) is 4.61. The summed E-state index contributed by atoms with van der Waals surface area (Å²) in [5.41, 5.74) is 7.70. The molecule has 2 aromatic carbocycles. The summed E-state index contributed by atoms with van der Waals surface area (Å²) in [5, 5.41) is 7.82. The third kappa shape index (κ3) is 3.70. The third-order valence-electron chi connectivity index (χ3n) is 6.51. The number of nitrogens with zero attached hydrogens (tertiary/aromatic N) is 3. The second-order valence-corrected chi connectivity index (χ2v) is 8.80. The van der Waals surface area contributed by atoms with Crippen molar-refractivity contribution < 1.29 is 9.59 Å². The average Bonchev–Trinajstić information content (AvgIpc) is 3.19. The van der Waals surface area contributed by atoms with Crippen LogP contribution >= 0.6 is 0 Å². The Morgan fingerprint density at radius 1 is 0.969 bits per heavy atom. The van der Waals surface area contributed by atoms with Crippen LogP contribution in [0.1, 0.15) is 59.1 Å². The zero-order valence-electron chi connectivity index (χ0n) is 18.6. The molecule has 0 saturated heterocycles. The van der Waals surface area contributed by atoms with Crippen LogP contribution in [-0.4, -0.2) is 28.1 Å². The number of fused-ring (bicyclic) bond motifs is 2. The summed E-state index contributed by atoms with van der Waals surface area (Å²) in [5.74, 6) is -0.121. The molecule has 0 bridgehead atoms. The Labute approximate surface area is 188 Å². The van der Waals surface area contributed by atoms with Crippen molar-refractivity contribution in [3.8, 4) is 5.69 Å². The van der Waals surface area contributed by atoms with Crippen LogP contribution in [0.5, 0.6) is 0 Å². The number of hydrogen-bond acceptors (Lipinski definition) is 3. The van der Waals surface area contributed by atoms with E-state index in [1.54, 1.807) is 6.92 Å². The fourth-order valence-electron chi connectivity index (χ4n) is 4.87. The minimum Gasteiger partial charge on any atom is -0.321 e. The zero-order valence-corrected chi connectivity index (χ0v) is 18.6. The molecule has 2 heterocycles. The van der Waals surface area contributed by atoms with Crippen LogP contribution in [0, 0.1) is 6.92 Å². The van der Waals surface area contributed by atoms with E-state index in [0.717, 1.165) is 79.0 Å². The lowest BCUT2D eigenvalue weighted by Gasteiger charge is -2.28. The largest absolute Gasteiger partial charge is 0.321 e. The van der Waals surface area contributed by atoms with Gasteiger partial charge in [0.1, 0.15) is 0 Å². The molecule has 0 saturated carbocycles. The first-order chi connectivity index (χ1) is 15.5. The minimum atomic E-state index is -0.173. The number of amides is 2. The number of nitrogens with one attached hydrogen (secondary N) is 1. The van der Waals surface area contributed by atoms with Gasteiger partial charge >= 0.3 is 0 Å². The molecule has 1 aromatic heterocycles. The quantitative estimate of drug-likeness (QED) is 0.662. The van der Waals surface area contributed by atoms with E-state index in [0.29, 0.717) is 5.69 Å². The van der Waals surface area contributed by atoms with Gasteiger partial charge in [0.15, 0.2) is 5.69 Å². The first-order valence-corrected chi connectivity index (χ1v) is 11.4. The molecule has 0 fully saturated rings. The van der Waals surface area contributed by atoms with E-state index in [4.69, 9.17) is 5.10 Å². The fraction of sp³-hybridized carbons (Fsp3) is 0.346. The normalized spacial score (nSPS) is 15.1. The van der Waals surface area contributed by atoms with E-state index in [9.17, 15) is 9.59 Å². The molecule has 1 aliphatic heterocycles. The van der Waals surface area contributed by atoms with Gasteiger partial charge < -0.3 is 10.2 Å². The van der Waals surface area contributed by atoms with Crippen molar-refractivity contribution in [1.82, 2.24) is 9.78 Å². The highest BCUT2D eigenvalue weighted by atomic mass is 16.2. The molecule has 1 N–H and O–H groups in total. The lowest BCUT2D eigenvalue weighted by atomic mass is 9.95. The van der Waals surface area contributed by atoms with Gasteiger partial charge in [-0.1, -0.05) is 17.7 Å². The summed E-state index contributed by atoms with van der Waals surface area (Å²) >= 11 is 0. The molecule has 0 atom stereocenters. The Kier molecular flexibility index (Phi) is 5.29. The predicted molar refractivity (Wildman–Crippen MR) is 126 cm³/mol. The summed E-state index contributed by atoms with van der Waals surface area (Å²) in [6.45, 7) is 4.41. The van der Waals surface area contributed by atoms with Crippen molar-refractivity contribution in [2.45, 2.75) is 52.4 Å². The van der Waals surface area contributed by atoms with Gasteiger partial charge in [-0.15, -0.1) is 0 Å². The highest BCUT2D eigenvalue weighted by Crippen LogP contribution is 2.31. The van der Waals surface area contributed by atoms with Gasteiger partial charge in [-0.05, 0) is 81.3 Å². The zero-order chi connectivity index (χ0) is 22.2. The fourth-order valence-corrected chi connectivity index (χ4v) is 4.87. The number of hydrogen-bond donors (Lipinski definition) is 1. The van der Waals surface area contributed by atoms with Gasteiger partial charge in [-0.2, -0.15) is 5.10 Å². The van der Waals surface area contributed by atoms with Gasteiger partial charge in [-0.3, -0.25) is 9.59 Å². The number of anilines is 2. The molecule has 2 amide bonds. The molecule has 0 spiro atoms. The van der Waals surface area contributed by atoms with Gasteiger partial charge in [0.05, 0.1) is 5.69 Å². The van der Waals surface area contributed by atoms with Crippen molar-refractivity contribution in [2.75, 3.05) is 16.8 Å². The first kappa shape index (κ1) is 20.5. The molecule has 3 aromatic rings. The van der Waals surface area contributed by atoms with Gasteiger partial charge in [0.25, 0.3) is 5.91 Å². The van der Waals surface area contributed by atoms with E-state index in [2.05, 4.69) is 36.5 Å². The number of carbonyl (C=O) groups excluding carboxylic acids is 2. The molecular formula is C26H28N4O2. The van der Waals surface area contributed by atoms with E-state index in [-0.39, 0.29) is 11.8 Å². The lowest BCUT2D eigenvalue weighted by Crippen LogP contribution is -2.33. The summed E-state index contributed by atoms with van der Waals surface area (Å²) in [4.78, 5) is 27.0. The number of rotatable bonds is 3. The van der Waals surface area contributed by atoms with Crippen molar-refractivity contribution >= 4 is 23.2 Å². The van der Waals surface area contributed by atoms with E-state index in [1.165, 1.54) is 5.56 Å². The summed E-state index contributed by atoms with van der Waals surface area (Å²) < 4.78 is 1.94. The Morgan fingerprint density at radius 2 is 1.75 bits per heavy atom. The van der Waals surface area contributed by atoms with Crippen molar-refractivity contribution in [3.63, 3.8) is 0 Å². The molecule has 6 nitrogen and oxygen atoms in total. The van der Waals surface area contributed by atoms with E-state index < -0.39 is 0 Å². The van der Waals surface area contributed by atoms with Crippen LogP contribution in [0.15, 0.2) is 42.5 Å². The van der Waals surface area contributed by atoms with Gasteiger partial charge in [0, 0.05) is 36.1 Å². The molecule has 2 aliphatic rings. The summed E-state index contributed by atoms with van der Waals surface area (Å²) in [6, 6.07) is 14.1. The monoisotopic (exact) mass is 428 g/mol. The molecule has 164 valence electrons. The molecule has 6 heteroatoms. The maximum Gasteiger partial charge on any atom is 0.276 e. The Balaban J connectivity index is 1.45. The number of carbonyl (C=O) groups is 2. The van der Waals surface area contributed by atoms with Crippen molar-refractivity contribution in [3.05, 3.63) is 70.5 Å². The van der Waals surface area contributed by atoms with Crippen molar-refractivity contribution in [1.29, 1.82) is 0 Å². The highest BCUT2D eigenvalue weighted by Gasteiger charge is 2.26. The van der Waals surface area contributed by atoms with Crippen LogP contribution in [0.4, 0.5) is 11.4 Å². The van der Waals surface area contributed by atoms with Crippen LogP contribution < -0.4 is 10.2 Å². The van der Waals surface area contributed by atoms with Crippen LogP contribution in [-0.2, 0) is 24.1 Å². The molecule has 32 heavy (non-hydrogen) atoms. The highest BCUT2D eigenvalue weighted by molar-refractivity contribution is 6.04. The Morgan fingerprint density at radius 3 is 2.53 bits per heavy atom. The molecular weight excluding hydrogens is 400 g/mol. The van der Waals surface area contributed by atoms with E-state index in [1.807, 2.05) is 27.8 Å². The lowest BCUT2D eigenvalue weighted by molar-refractivity contribution is -0.116. The van der Waals surface area contributed by atoms with Crippen LogP contribution in [0.25, 0.3) is 5.69 Å². The molecule has 1 aliphatic carbocycles. The third-order valence-corrected chi connectivity index (χ3v) is 6.51. The summed E-state index contributed by atoms with van der Waals surface area (Å²) in [7, 11) is 0. The standard InChI is InChI=1S/C26H28N4O2/c1-17-9-12-21(13-10-17)30-24-8-4-3-7-22(24)25(28-30)26(32)27-20-11-14-23-19(16-20)6-5-15-29(23)18(2)31/h9-14,16H,3-8,15H2,1-2H3,(H,27,32). The number of benzene rings is 2. The second kappa shape index (κ2) is 8.26.